The van der Waals surface area contributed by atoms with Crippen molar-refractivity contribution in [3.8, 4) is 0 Å². The van der Waals surface area contributed by atoms with Crippen LogP contribution in [0.4, 0.5) is 0 Å². The predicted octanol–water partition coefficient (Wildman–Crippen LogP) is 2.00. The molecule has 2 atom stereocenters. The van der Waals surface area contributed by atoms with Crippen molar-refractivity contribution >= 4 is 9.84 Å². The van der Waals surface area contributed by atoms with Crippen molar-refractivity contribution in [3.05, 3.63) is 31.1 Å². The van der Waals surface area contributed by atoms with Gasteiger partial charge in [-0.05, 0) is 31.2 Å². The van der Waals surface area contributed by atoms with Gasteiger partial charge in [-0.15, -0.1) is 6.58 Å². The Hall–Kier alpha value is -1.23. The molecule has 0 aromatic carbocycles. The molecule has 0 N–H and O–H groups in total. The van der Waals surface area contributed by atoms with Crippen LogP contribution in [0, 0.1) is 5.92 Å². The van der Waals surface area contributed by atoms with Crippen LogP contribution in [0.15, 0.2) is 36.3 Å². The van der Waals surface area contributed by atoms with Gasteiger partial charge in [0.2, 0.25) is 15.0 Å². The van der Waals surface area contributed by atoms with E-state index in [2.05, 4.69) is 16.5 Å². The van der Waals surface area contributed by atoms with Crippen molar-refractivity contribution in [1.82, 2.24) is 9.97 Å². The highest BCUT2D eigenvalue weighted by Crippen LogP contribution is 2.31. The Morgan fingerprint density at radius 3 is 2.65 bits per heavy atom. The lowest BCUT2D eigenvalue weighted by atomic mass is 9.89. The van der Waals surface area contributed by atoms with Crippen LogP contribution in [-0.4, -0.2) is 23.6 Å². The van der Waals surface area contributed by atoms with Crippen molar-refractivity contribution in [2.75, 3.05) is 0 Å². The molecule has 1 aromatic heterocycles. The van der Waals surface area contributed by atoms with Gasteiger partial charge in [0, 0.05) is 12.4 Å². The minimum Gasteiger partial charge on any atom is -0.227 e. The summed E-state index contributed by atoms with van der Waals surface area (Å²) in [4.78, 5) is 7.70. The minimum atomic E-state index is -3.38. The SMILES string of the molecule is C=CC1CCCC(S(=O)(=O)c2ncccn2)C1. The van der Waals surface area contributed by atoms with Gasteiger partial charge in [-0.25, -0.2) is 18.4 Å². The molecule has 2 rings (SSSR count). The second-order valence-electron chi connectivity index (χ2n) is 4.36. The van der Waals surface area contributed by atoms with Gasteiger partial charge in [-0.1, -0.05) is 12.5 Å². The number of aromatic nitrogens is 2. The summed E-state index contributed by atoms with van der Waals surface area (Å²) in [6.45, 7) is 3.75. The number of allylic oxidation sites excluding steroid dienone is 1. The normalized spacial score (nSPS) is 25.4. The monoisotopic (exact) mass is 252 g/mol. The van der Waals surface area contributed by atoms with E-state index in [1.807, 2.05) is 6.08 Å². The minimum absolute atomic E-state index is 0.0466. The molecule has 0 amide bonds. The van der Waals surface area contributed by atoms with E-state index in [0.29, 0.717) is 18.8 Å². The Morgan fingerprint density at radius 2 is 2.00 bits per heavy atom. The van der Waals surface area contributed by atoms with Crippen LogP contribution < -0.4 is 0 Å². The molecule has 1 aliphatic carbocycles. The lowest BCUT2D eigenvalue weighted by molar-refractivity contribution is 0.412. The lowest BCUT2D eigenvalue weighted by Crippen LogP contribution is -2.28. The molecule has 0 spiro atoms. The van der Waals surface area contributed by atoms with Crippen LogP contribution in [0.3, 0.4) is 0 Å². The highest BCUT2D eigenvalue weighted by molar-refractivity contribution is 7.91. The number of rotatable bonds is 3. The van der Waals surface area contributed by atoms with Crippen LogP contribution in [0.5, 0.6) is 0 Å². The third kappa shape index (κ3) is 2.54. The summed E-state index contributed by atoms with van der Waals surface area (Å²) < 4.78 is 24.6. The lowest BCUT2D eigenvalue weighted by Gasteiger charge is -2.26. The van der Waals surface area contributed by atoms with Gasteiger partial charge in [-0.2, -0.15) is 0 Å². The summed E-state index contributed by atoms with van der Waals surface area (Å²) in [6.07, 6.45) is 8.09. The molecule has 1 saturated carbocycles. The summed E-state index contributed by atoms with van der Waals surface area (Å²) in [5.74, 6) is 0.298. The topological polar surface area (TPSA) is 59.9 Å². The fraction of sp³-hybridized carbons (Fsp3) is 0.500. The first-order chi connectivity index (χ1) is 8.14. The standard InChI is InChI=1S/C12H16N2O2S/c1-2-10-5-3-6-11(9-10)17(15,16)12-13-7-4-8-14-12/h2,4,7-8,10-11H,1,3,5-6,9H2. The molecule has 1 aliphatic rings. The van der Waals surface area contributed by atoms with E-state index in [1.54, 1.807) is 6.07 Å². The molecule has 1 fully saturated rings. The molecule has 17 heavy (non-hydrogen) atoms. The second kappa shape index (κ2) is 4.96. The number of sulfone groups is 1. The highest BCUT2D eigenvalue weighted by Gasteiger charge is 2.33. The molecular formula is C12H16N2O2S. The van der Waals surface area contributed by atoms with Gasteiger partial charge >= 0.3 is 0 Å². The summed E-state index contributed by atoms with van der Waals surface area (Å²) in [5, 5.41) is -0.406. The van der Waals surface area contributed by atoms with E-state index in [4.69, 9.17) is 0 Å². The van der Waals surface area contributed by atoms with Crippen molar-refractivity contribution < 1.29 is 8.42 Å². The maximum atomic E-state index is 12.3. The third-order valence-corrected chi connectivity index (χ3v) is 5.26. The van der Waals surface area contributed by atoms with E-state index in [1.165, 1.54) is 12.4 Å². The molecule has 0 saturated heterocycles. The molecule has 1 aromatic rings. The van der Waals surface area contributed by atoms with Gasteiger partial charge in [0.15, 0.2) is 0 Å². The Kier molecular flexibility index (Phi) is 3.57. The molecule has 1 heterocycles. The molecule has 4 nitrogen and oxygen atoms in total. The van der Waals surface area contributed by atoms with E-state index < -0.39 is 9.84 Å². The summed E-state index contributed by atoms with van der Waals surface area (Å²) >= 11 is 0. The fourth-order valence-corrected chi connectivity index (χ4v) is 3.95. The van der Waals surface area contributed by atoms with Crippen LogP contribution in [0.25, 0.3) is 0 Å². The molecule has 0 radical (unpaired) electrons. The average molecular weight is 252 g/mol. The summed E-state index contributed by atoms with van der Waals surface area (Å²) in [7, 11) is -3.38. The molecule has 5 heteroatoms. The quantitative estimate of drug-likeness (QED) is 0.610. The molecule has 2 unspecified atom stereocenters. The van der Waals surface area contributed by atoms with E-state index in [9.17, 15) is 8.42 Å². The van der Waals surface area contributed by atoms with Crippen molar-refractivity contribution in [3.63, 3.8) is 0 Å². The van der Waals surface area contributed by atoms with Gasteiger partial charge in [0.1, 0.15) is 0 Å². The first kappa shape index (κ1) is 12.2. The van der Waals surface area contributed by atoms with Crippen molar-refractivity contribution in [2.45, 2.75) is 36.1 Å². The first-order valence-corrected chi connectivity index (χ1v) is 7.32. The Bertz CT molecular complexity index is 484. The van der Waals surface area contributed by atoms with Gasteiger partial charge in [0.05, 0.1) is 5.25 Å². The summed E-state index contributed by atoms with van der Waals surface area (Å²) in [5.41, 5.74) is 0. The molecular weight excluding hydrogens is 236 g/mol. The third-order valence-electron chi connectivity index (χ3n) is 3.24. The Balaban J connectivity index is 2.24. The first-order valence-electron chi connectivity index (χ1n) is 5.78. The van der Waals surface area contributed by atoms with Crippen LogP contribution in [0.2, 0.25) is 0 Å². The average Bonchev–Trinajstić information content (AvgIpc) is 2.40. The predicted molar refractivity (Wildman–Crippen MR) is 65.2 cm³/mol. The molecule has 0 bridgehead atoms. The van der Waals surface area contributed by atoms with Crippen molar-refractivity contribution in [2.24, 2.45) is 5.92 Å². The van der Waals surface area contributed by atoms with Gasteiger partial charge in [0.25, 0.3) is 0 Å². The van der Waals surface area contributed by atoms with E-state index in [-0.39, 0.29) is 10.4 Å². The van der Waals surface area contributed by atoms with E-state index >= 15 is 0 Å². The zero-order chi connectivity index (χ0) is 12.3. The smallest absolute Gasteiger partial charge is 0.227 e. The van der Waals surface area contributed by atoms with Gasteiger partial charge in [-0.3, -0.25) is 0 Å². The molecule has 92 valence electrons. The van der Waals surface area contributed by atoms with Crippen LogP contribution in [-0.2, 0) is 9.84 Å². The fourth-order valence-electron chi connectivity index (χ4n) is 2.26. The number of hydrogen-bond donors (Lipinski definition) is 0. The van der Waals surface area contributed by atoms with Gasteiger partial charge < -0.3 is 0 Å². The Morgan fingerprint density at radius 1 is 1.29 bits per heavy atom. The van der Waals surface area contributed by atoms with Crippen LogP contribution >= 0.6 is 0 Å². The van der Waals surface area contributed by atoms with E-state index in [0.717, 1.165) is 12.8 Å². The number of nitrogens with zero attached hydrogens (tertiary/aromatic N) is 2. The maximum absolute atomic E-state index is 12.3. The molecule has 0 aliphatic heterocycles. The summed E-state index contributed by atoms with van der Waals surface area (Å²) in [6, 6.07) is 1.62. The number of hydrogen-bond acceptors (Lipinski definition) is 4. The highest BCUT2D eigenvalue weighted by atomic mass is 32.2. The maximum Gasteiger partial charge on any atom is 0.247 e. The van der Waals surface area contributed by atoms with Crippen molar-refractivity contribution in [1.29, 1.82) is 0 Å². The zero-order valence-electron chi connectivity index (χ0n) is 9.62. The second-order valence-corrected chi connectivity index (χ2v) is 6.48. The zero-order valence-corrected chi connectivity index (χ0v) is 10.4. The Labute approximate surface area is 102 Å². The largest absolute Gasteiger partial charge is 0.247 e. The van der Waals surface area contributed by atoms with Crippen LogP contribution in [0.1, 0.15) is 25.7 Å².